The molecule has 0 aliphatic carbocycles. The van der Waals surface area contributed by atoms with Gasteiger partial charge in [-0.2, -0.15) is 4.98 Å². The maximum absolute atomic E-state index is 4.96. The van der Waals surface area contributed by atoms with E-state index in [1.165, 1.54) is 5.56 Å². The minimum absolute atomic E-state index is 0.0460. The molecule has 0 aliphatic heterocycles. The van der Waals surface area contributed by atoms with E-state index in [0.717, 1.165) is 12.8 Å². The van der Waals surface area contributed by atoms with Crippen LogP contribution in [0.1, 0.15) is 37.5 Å². The Kier molecular flexibility index (Phi) is 4.32. The minimum atomic E-state index is 0.0460. The summed E-state index contributed by atoms with van der Waals surface area (Å²) in [5, 5.41) is 7.36. The molecule has 0 atom stereocenters. The van der Waals surface area contributed by atoms with Gasteiger partial charge in [0.25, 0.3) is 0 Å². The summed E-state index contributed by atoms with van der Waals surface area (Å²) < 4.78 is 4.96. The van der Waals surface area contributed by atoms with Gasteiger partial charge in [-0.1, -0.05) is 35.5 Å². The molecule has 0 bridgehead atoms. The summed E-state index contributed by atoms with van der Waals surface area (Å²) in [4.78, 5) is 4.19. The molecule has 0 radical (unpaired) electrons. The fourth-order valence-electron chi connectivity index (χ4n) is 1.92. The zero-order chi connectivity index (χ0) is 13.7. The highest BCUT2D eigenvalue weighted by molar-refractivity contribution is 5.15. The third-order valence-corrected chi connectivity index (χ3v) is 3.18. The molecule has 4 heteroatoms. The van der Waals surface area contributed by atoms with Crippen LogP contribution in [0.3, 0.4) is 0 Å². The Morgan fingerprint density at radius 1 is 1.21 bits per heavy atom. The molecule has 0 fully saturated rings. The number of hydrogen-bond donors (Lipinski definition) is 1. The van der Waals surface area contributed by atoms with Crippen LogP contribution in [0, 0.1) is 6.92 Å². The van der Waals surface area contributed by atoms with Crippen LogP contribution in [0.4, 0.5) is 0 Å². The first kappa shape index (κ1) is 13.7. The van der Waals surface area contributed by atoms with E-state index in [2.05, 4.69) is 53.6 Å². The molecule has 0 saturated heterocycles. The van der Waals surface area contributed by atoms with Gasteiger partial charge in [0.2, 0.25) is 5.89 Å². The average Bonchev–Trinajstić information content (AvgIpc) is 2.82. The van der Waals surface area contributed by atoms with Crippen LogP contribution in [-0.2, 0) is 13.0 Å². The van der Waals surface area contributed by atoms with Gasteiger partial charge in [0, 0.05) is 12.5 Å². The van der Waals surface area contributed by atoms with Gasteiger partial charge in [-0.15, -0.1) is 0 Å². The zero-order valence-corrected chi connectivity index (χ0v) is 11.8. The molecule has 1 N–H and O–H groups in total. The summed E-state index contributed by atoms with van der Waals surface area (Å²) in [7, 11) is 0. The lowest BCUT2D eigenvalue weighted by molar-refractivity contribution is 0.345. The van der Waals surface area contributed by atoms with Gasteiger partial charge < -0.3 is 9.84 Å². The van der Waals surface area contributed by atoms with E-state index in [9.17, 15) is 0 Å². The highest BCUT2D eigenvalue weighted by Gasteiger charge is 2.17. The summed E-state index contributed by atoms with van der Waals surface area (Å²) in [6.07, 6.45) is 2.12. The van der Waals surface area contributed by atoms with Gasteiger partial charge >= 0.3 is 0 Å². The number of aromatic nitrogens is 2. The topological polar surface area (TPSA) is 51.0 Å². The van der Waals surface area contributed by atoms with Crippen molar-refractivity contribution in [3.63, 3.8) is 0 Å². The molecule has 0 saturated carbocycles. The van der Waals surface area contributed by atoms with E-state index >= 15 is 0 Å². The Bertz CT molecular complexity index is 505. The molecular weight excluding hydrogens is 238 g/mol. The first-order chi connectivity index (χ1) is 9.05. The van der Waals surface area contributed by atoms with E-state index in [1.54, 1.807) is 6.92 Å². The van der Waals surface area contributed by atoms with Crippen LogP contribution < -0.4 is 5.32 Å². The van der Waals surface area contributed by atoms with Gasteiger partial charge in [0.15, 0.2) is 5.82 Å². The SMILES string of the molecule is Cc1nc(CNC(C)(C)CCc2ccccc2)no1. The van der Waals surface area contributed by atoms with E-state index < -0.39 is 0 Å². The van der Waals surface area contributed by atoms with Crippen molar-refractivity contribution >= 4 is 0 Å². The largest absolute Gasteiger partial charge is 0.340 e. The highest BCUT2D eigenvalue weighted by atomic mass is 16.5. The average molecular weight is 259 g/mol. The Hall–Kier alpha value is -1.68. The van der Waals surface area contributed by atoms with Gasteiger partial charge in [0.1, 0.15) is 0 Å². The van der Waals surface area contributed by atoms with Gasteiger partial charge in [-0.05, 0) is 32.3 Å². The van der Waals surface area contributed by atoms with Crippen molar-refractivity contribution in [2.75, 3.05) is 0 Å². The summed E-state index contributed by atoms with van der Waals surface area (Å²) in [5.41, 5.74) is 1.41. The molecule has 4 nitrogen and oxygen atoms in total. The normalized spacial score (nSPS) is 11.7. The lowest BCUT2D eigenvalue weighted by atomic mass is 9.95. The first-order valence-corrected chi connectivity index (χ1v) is 6.63. The second-order valence-electron chi connectivity index (χ2n) is 5.45. The molecule has 0 amide bonds. The van der Waals surface area contributed by atoms with Crippen molar-refractivity contribution in [3.05, 3.63) is 47.6 Å². The summed E-state index contributed by atoms with van der Waals surface area (Å²) in [6.45, 7) is 6.84. The van der Waals surface area contributed by atoms with Gasteiger partial charge in [0.05, 0.1) is 6.54 Å². The Balaban J connectivity index is 1.81. The summed E-state index contributed by atoms with van der Waals surface area (Å²) >= 11 is 0. The molecule has 0 aliphatic rings. The first-order valence-electron chi connectivity index (χ1n) is 6.63. The van der Waals surface area contributed by atoms with E-state index in [0.29, 0.717) is 18.3 Å². The predicted molar refractivity (Wildman–Crippen MR) is 74.7 cm³/mol. The fourth-order valence-corrected chi connectivity index (χ4v) is 1.92. The standard InChI is InChI=1S/C15H21N3O/c1-12-17-14(18-19-12)11-16-15(2,3)10-9-13-7-5-4-6-8-13/h4-8,16H,9-11H2,1-3H3. The number of aryl methyl sites for hydroxylation is 2. The maximum Gasteiger partial charge on any atom is 0.223 e. The molecule has 1 heterocycles. The predicted octanol–water partition coefficient (Wildman–Crippen LogP) is 2.88. The second kappa shape index (κ2) is 5.97. The highest BCUT2D eigenvalue weighted by Crippen LogP contribution is 2.14. The molecule has 0 unspecified atom stereocenters. The molecule has 19 heavy (non-hydrogen) atoms. The lowest BCUT2D eigenvalue weighted by Gasteiger charge is -2.25. The number of nitrogens with zero attached hydrogens (tertiary/aromatic N) is 2. The Morgan fingerprint density at radius 2 is 1.95 bits per heavy atom. The van der Waals surface area contributed by atoms with Crippen molar-refractivity contribution in [2.45, 2.75) is 45.7 Å². The monoisotopic (exact) mass is 259 g/mol. The van der Waals surface area contributed by atoms with Crippen molar-refractivity contribution in [3.8, 4) is 0 Å². The maximum atomic E-state index is 4.96. The van der Waals surface area contributed by atoms with Crippen LogP contribution >= 0.6 is 0 Å². The van der Waals surface area contributed by atoms with Crippen molar-refractivity contribution in [1.82, 2.24) is 15.5 Å². The smallest absolute Gasteiger partial charge is 0.223 e. The van der Waals surface area contributed by atoms with Crippen LogP contribution in [0.2, 0.25) is 0 Å². The zero-order valence-electron chi connectivity index (χ0n) is 11.8. The van der Waals surface area contributed by atoms with Gasteiger partial charge in [-0.25, -0.2) is 0 Å². The van der Waals surface area contributed by atoms with E-state index in [1.807, 2.05) is 6.07 Å². The number of nitrogens with one attached hydrogen (secondary N) is 1. The molecule has 102 valence electrons. The number of benzene rings is 1. The second-order valence-corrected chi connectivity index (χ2v) is 5.45. The lowest BCUT2D eigenvalue weighted by Crippen LogP contribution is -2.39. The fraction of sp³-hybridized carbons (Fsp3) is 0.467. The van der Waals surface area contributed by atoms with Crippen LogP contribution in [0.25, 0.3) is 0 Å². The number of rotatable bonds is 6. The third kappa shape index (κ3) is 4.48. The van der Waals surface area contributed by atoms with Crippen LogP contribution in [0.5, 0.6) is 0 Å². The molecule has 2 rings (SSSR count). The molecule has 1 aromatic carbocycles. The van der Waals surface area contributed by atoms with Crippen molar-refractivity contribution in [1.29, 1.82) is 0 Å². The Morgan fingerprint density at radius 3 is 2.58 bits per heavy atom. The van der Waals surface area contributed by atoms with Gasteiger partial charge in [-0.3, -0.25) is 0 Å². The molecule has 2 aromatic rings. The molecule has 0 spiro atoms. The molecular formula is C15H21N3O. The van der Waals surface area contributed by atoms with Crippen molar-refractivity contribution < 1.29 is 4.52 Å². The third-order valence-electron chi connectivity index (χ3n) is 3.18. The summed E-state index contributed by atoms with van der Waals surface area (Å²) in [5.74, 6) is 1.32. The van der Waals surface area contributed by atoms with Crippen molar-refractivity contribution in [2.24, 2.45) is 0 Å². The quantitative estimate of drug-likeness (QED) is 0.866. The van der Waals surface area contributed by atoms with Crippen LogP contribution in [-0.4, -0.2) is 15.7 Å². The Labute approximate surface area is 114 Å². The van der Waals surface area contributed by atoms with E-state index in [-0.39, 0.29) is 5.54 Å². The molecule has 1 aromatic heterocycles. The minimum Gasteiger partial charge on any atom is -0.340 e. The van der Waals surface area contributed by atoms with Crippen LogP contribution in [0.15, 0.2) is 34.9 Å². The number of hydrogen-bond acceptors (Lipinski definition) is 4. The van der Waals surface area contributed by atoms with E-state index in [4.69, 9.17) is 4.52 Å². The summed E-state index contributed by atoms with van der Waals surface area (Å²) in [6, 6.07) is 10.5.